The maximum atomic E-state index is 12.8. The molecule has 6 heteroatoms. The first-order chi connectivity index (χ1) is 12.9. The highest BCUT2D eigenvalue weighted by Gasteiger charge is 2.18. The van der Waals surface area contributed by atoms with E-state index in [0.29, 0.717) is 11.4 Å². The van der Waals surface area contributed by atoms with Gasteiger partial charge in [0, 0.05) is 11.9 Å². The van der Waals surface area contributed by atoms with E-state index in [0.717, 1.165) is 16.1 Å². The number of nitrogens with zero attached hydrogens (tertiary/aromatic N) is 2. The average molecular weight is 382 g/mol. The van der Waals surface area contributed by atoms with Gasteiger partial charge in [-0.1, -0.05) is 35.9 Å². The lowest BCUT2D eigenvalue weighted by atomic mass is 10.2. The molecular weight excluding hydrogens is 358 g/mol. The second-order valence-electron chi connectivity index (χ2n) is 6.54. The molecule has 2 aromatic carbocycles. The Hall–Kier alpha value is -2.73. The van der Waals surface area contributed by atoms with Gasteiger partial charge in [0.15, 0.2) is 0 Å². The van der Waals surface area contributed by atoms with Crippen molar-refractivity contribution in [1.29, 1.82) is 0 Å². The van der Waals surface area contributed by atoms with E-state index in [-0.39, 0.29) is 17.2 Å². The fraction of sp³-hybridized carbons (Fsp3) is 0.238. The third kappa shape index (κ3) is 4.01. The minimum absolute atomic E-state index is 0.189. The molecule has 0 unspecified atom stereocenters. The molecule has 0 bridgehead atoms. The lowest BCUT2D eigenvalue weighted by molar-refractivity contribution is -0.113. The largest absolute Gasteiger partial charge is 0.319 e. The Bertz CT molecular complexity index is 1040. The van der Waals surface area contributed by atoms with Crippen LogP contribution in [0.2, 0.25) is 0 Å². The minimum Gasteiger partial charge on any atom is -0.319 e. The number of anilines is 1. The van der Waals surface area contributed by atoms with Crippen molar-refractivity contribution in [2.45, 2.75) is 25.7 Å². The number of aryl methyl sites for hydroxylation is 2. The van der Waals surface area contributed by atoms with E-state index in [2.05, 4.69) is 11.4 Å². The van der Waals surface area contributed by atoms with E-state index in [4.69, 9.17) is 0 Å². The predicted octanol–water partition coefficient (Wildman–Crippen LogP) is 3.83. The van der Waals surface area contributed by atoms with Gasteiger partial charge in [-0.15, -0.1) is 11.8 Å². The van der Waals surface area contributed by atoms with Crippen LogP contribution in [0.15, 0.2) is 58.2 Å². The summed E-state index contributed by atoms with van der Waals surface area (Å²) in [6.45, 7) is 5.91. The van der Waals surface area contributed by atoms with Crippen LogP contribution in [-0.4, -0.2) is 21.0 Å². The zero-order valence-electron chi connectivity index (χ0n) is 15.9. The summed E-state index contributed by atoms with van der Waals surface area (Å²) in [4.78, 5) is 26.3. The summed E-state index contributed by atoms with van der Waals surface area (Å²) in [5.74, 6) is 0.0641. The van der Waals surface area contributed by atoms with Crippen molar-refractivity contribution in [3.63, 3.8) is 0 Å². The van der Waals surface area contributed by atoms with Gasteiger partial charge < -0.3 is 5.32 Å². The molecule has 0 aliphatic carbocycles. The van der Waals surface area contributed by atoms with E-state index >= 15 is 0 Å². The summed E-state index contributed by atoms with van der Waals surface area (Å²) >= 11 is 1.47. The number of para-hydroxylation sites is 1. The summed E-state index contributed by atoms with van der Waals surface area (Å²) in [6, 6.07) is 15.5. The smallest absolute Gasteiger partial charge is 0.295 e. The Labute approximate surface area is 163 Å². The molecule has 27 heavy (non-hydrogen) atoms. The first kappa shape index (κ1) is 19.0. The highest BCUT2D eigenvalue weighted by molar-refractivity contribution is 8.00. The molecule has 0 aliphatic rings. The van der Waals surface area contributed by atoms with Crippen LogP contribution < -0.4 is 10.9 Å². The highest BCUT2D eigenvalue weighted by Crippen LogP contribution is 2.23. The van der Waals surface area contributed by atoms with E-state index in [1.54, 1.807) is 9.36 Å². The van der Waals surface area contributed by atoms with Crippen LogP contribution in [0, 0.1) is 20.8 Å². The molecule has 3 aromatic rings. The number of thioether (sulfide) groups is 1. The molecule has 1 heterocycles. The van der Waals surface area contributed by atoms with E-state index in [1.165, 1.54) is 17.3 Å². The van der Waals surface area contributed by atoms with Crippen LogP contribution >= 0.6 is 11.8 Å². The second-order valence-corrected chi connectivity index (χ2v) is 7.56. The minimum atomic E-state index is -0.230. The van der Waals surface area contributed by atoms with Gasteiger partial charge in [0.2, 0.25) is 5.91 Å². The molecule has 0 spiro atoms. The van der Waals surface area contributed by atoms with Crippen molar-refractivity contribution in [2.75, 3.05) is 11.1 Å². The lowest BCUT2D eigenvalue weighted by Gasteiger charge is -2.07. The third-order valence-corrected chi connectivity index (χ3v) is 5.68. The standard InChI is InChI=1S/C21H23N3O2S/c1-14-10-11-18(15(2)12-14)27-13-19(25)22-20-16(3)23(4)24(21(20)26)17-8-6-5-7-9-17/h5-12H,13H2,1-4H3,(H,22,25). The van der Waals surface area contributed by atoms with E-state index < -0.39 is 0 Å². The summed E-state index contributed by atoms with van der Waals surface area (Å²) in [5.41, 5.74) is 3.92. The molecule has 3 rings (SSSR count). The molecule has 0 saturated heterocycles. The summed E-state index contributed by atoms with van der Waals surface area (Å²) in [5, 5.41) is 2.80. The number of nitrogens with one attached hydrogen (secondary N) is 1. The van der Waals surface area contributed by atoms with Crippen LogP contribution in [-0.2, 0) is 11.8 Å². The quantitative estimate of drug-likeness (QED) is 0.684. The first-order valence-electron chi connectivity index (χ1n) is 8.72. The maximum absolute atomic E-state index is 12.8. The van der Waals surface area contributed by atoms with Crippen LogP contribution in [0.5, 0.6) is 0 Å². The monoisotopic (exact) mass is 381 g/mol. The van der Waals surface area contributed by atoms with Gasteiger partial charge in [-0.2, -0.15) is 0 Å². The first-order valence-corrected chi connectivity index (χ1v) is 9.71. The number of hydrogen-bond acceptors (Lipinski definition) is 3. The molecule has 0 radical (unpaired) electrons. The predicted molar refractivity (Wildman–Crippen MR) is 111 cm³/mol. The zero-order chi connectivity index (χ0) is 19.6. The molecule has 0 saturated carbocycles. The number of hydrogen-bond donors (Lipinski definition) is 1. The lowest BCUT2D eigenvalue weighted by Crippen LogP contribution is -2.23. The number of aromatic nitrogens is 2. The number of benzene rings is 2. The normalized spacial score (nSPS) is 10.8. The number of rotatable bonds is 5. The van der Waals surface area contributed by atoms with Crippen LogP contribution in [0.25, 0.3) is 5.69 Å². The summed E-state index contributed by atoms with van der Waals surface area (Å²) < 4.78 is 3.31. The van der Waals surface area contributed by atoms with Gasteiger partial charge in [0.1, 0.15) is 5.69 Å². The van der Waals surface area contributed by atoms with Gasteiger partial charge in [0.05, 0.1) is 17.1 Å². The van der Waals surface area contributed by atoms with Crippen LogP contribution in [0.3, 0.4) is 0 Å². The molecule has 1 aromatic heterocycles. The second kappa shape index (κ2) is 7.88. The number of carbonyl (C=O) groups excluding carboxylic acids is 1. The summed E-state index contributed by atoms with van der Waals surface area (Å²) in [7, 11) is 1.81. The fourth-order valence-corrected chi connectivity index (χ4v) is 3.80. The van der Waals surface area contributed by atoms with Gasteiger partial charge >= 0.3 is 0 Å². The zero-order valence-corrected chi connectivity index (χ0v) is 16.8. The van der Waals surface area contributed by atoms with E-state index in [9.17, 15) is 9.59 Å². The van der Waals surface area contributed by atoms with Crippen molar-refractivity contribution in [2.24, 2.45) is 7.05 Å². The molecule has 0 fully saturated rings. The van der Waals surface area contributed by atoms with Gasteiger partial charge in [0.25, 0.3) is 5.56 Å². The SMILES string of the molecule is Cc1ccc(SCC(=O)Nc2c(C)n(C)n(-c3ccccc3)c2=O)c(C)c1. The Morgan fingerprint density at radius 1 is 1.07 bits per heavy atom. The molecular formula is C21H23N3O2S. The Balaban J connectivity index is 1.78. The molecule has 0 aliphatic heterocycles. The van der Waals surface area contributed by atoms with Crippen molar-refractivity contribution < 1.29 is 4.79 Å². The van der Waals surface area contributed by atoms with Crippen molar-refractivity contribution in [1.82, 2.24) is 9.36 Å². The molecule has 1 N–H and O–H groups in total. The van der Waals surface area contributed by atoms with Gasteiger partial charge in [-0.3, -0.25) is 14.3 Å². The fourth-order valence-electron chi connectivity index (χ4n) is 2.99. The maximum Gasteiger partial charge on any atom is 0.295 e. The Morgan fingerprint density at radius 3 is 2.44 bits per heavy atom. The number of amides is 1. The van der Waals surface area contributed by atoms with Crippen molar-refractivity contribution >= 4 is 23.4 Å². The Morgan fingerprint density at radius 2 is 1.78 bits per heavy atom. The van der Waals surface area contributed by atoms with Gasteiger partial charge in [-0.25, -0.2) is 4.68 Å². The number of carbonyl (C=O) groups is 1. The molecule has 140 valence electrons. The van der Waals surface area contributed by atoms with Crippen LogP contribution in [0.1, 0.15) is 16.8 Å². The average Bonchev–Trinajstić information content (AvgIpc) is 2.85. The van der Waals surface area contributed by atoms with E-state index in [1.807, 2.05) is 70.3 Å². The molecule has 5 nitrogen and oxygen atoms in total. The molecule has 0 atom stereocenters. The third-order valence-electron chi connectivity index (χ3n) is 4.51. The highest BCUT2D eigenvalue weighted by atomic mass is 32.2. The summed E-state index contributed by atoms with van der Waals surface area (Å²) in [6.07, 6.45) is 0. The van der Waals surface area contributed by atoms with Gasteiger partial charge in [-0.05, 0) is 44.5 Å². The topological polar surface area (TPSA) is 56.0 Å². The Kier molecular flexibility index (Phi) is 5.56. The van der Waals surface area contributed by atoms with Crippen molar-refractivity contribution in [3.8, 4) is 5.69 Å². The molecule has 1 amide bonds. The van der Waals surface area contributed by atoms with Crippen LogP contribution in [0.4, 0.5) is 5.69 Å². The van der Waals surface area contributed by atoms with Crippen molar-refractivity contribution in [3.05, 3.63) is 75.7 Å².